The molecule has 1 aromatic rings. The summed E-state index contributed by atoms with van der Waals surface area (Å²) in [5.41, 5.74) is 8.70. The molecule has 0 aliphatic rings. The fourth-order valence-electron chi connectivity index (χ4n) is 1.73. The highest BCUT2D eigenvalue weighted by Gasteiger charge is 2.27. The predicted molar refractivity (Wildman–Crippen MR) is 63.7 cm³/mol. The van der Waals surface area contributed by atoms with E-state index in [9.17, 15) is 5.11 Å². The van der Waals surface area contributed by atoms with Crippen LogP contribution in [-0.2, 0) is 0 Å². The Morgan fingerprint density at radius 3 is 2.07 bits per heavy atom. The second kappa shape index (κ2) is 4.33. The van der Waals surface area contributed by atoms with E-state index in [1.807, 2.05) is 39.8 Å². The van der Waals surface area contributed by atoms with Crippen molar-refractivity contribution in [3.8, 4) is 0 Å². The van der Waals surface area contributed by atoms with E-state index >= 15 is 0 Å². The molecule has 2 heteroatoms. The molecule has 0 saturated heterocycles. The molecule has 3 N–H and O–H groups in total. The lowest BCUT2D eigenvalue weighted by atomic mass is 9.82. The standard InChI is InChI=1S/C13H21NO/c1-9-5-10(2)7-11(6-9)12(15)13(3,4)8-14/h5-7,12,15H,8,14H2,1-4H3. The van der Waals surface area contributed by atoms with E-state index in [0.29, 0.717) is 6.54 Å². The lowest BCUT2D eigenvalue weighted by Gasteiger charge is -2.29. The minimum Gasteiger partial charge on any atom is -0.388 e. The average Bonchev–Trinajstić information content (AvgIpc) is 2.15. The van der Waals surface area contributed by atoms with Crippen molar-refractivity contribution in [2.75, 3.05) is 6.54 Å². The first-order chi connectivity index (χ1) is 6.86. The summed E-state index contributed by atoms with van der Waals surface area (Å²) in [6.07, 6.45) is -0.499. The Morgan fingerprint density at radius 2 is 1.67 bits per heavy atom. The summed E-state index contributed by atoms with van der Waals surface area (Å²) in [7, 11) is 0. The van der Waals surface area contributed by atoms with Crippen molar-refractivity contribution in [3.05, 3.63) is 34.9 Å². The number of aliphatic hydroxyl groups is 1. The molecular weight excluding hydrogens is 186 g/mol. The van der Waals surface area contributed by atoms with E-state index in [0.717, 1.165) is 5.56 Å². The molecule has 0 fully saturated rings. The minimum absolute atomic E-state index is 0.278. The lowest BCUT2D eigenvalue weighted by Crippen LogP contribution is -2.30. The number of benzene rings is 1. The van der Waals surface area contributed by atoms with Crippen LogP contribution in [0, 0.1) is 19.3 Å². The molecule has 0 aromatic heterocycles. The van der Waals surface area contributed by atoms with E-state index in [-0.39, 0.29) is 5.41 Å². The van der Waals surface area contributed by atoms with Crippen molar-refractivity contribution in [1.29, 1.82) is 0 Å². The van der Waals surface area contributed by atoms with E-state index in [1.165, 1.54) is 11.1 Å². The summed E-state index contributed by atoms with van der Waals surface area (Å²) >= 11 is 0. The molecule has 0 bridgehead atoms. The normalized spacial score (nSPS) is 14.0. The third-order valence-corrected chi connectivity index (χ3v) is 2.83. The van der Waals surface area contributed by atoms with Crippen LogP contribution in [0.2, 0.25) is 0 Å². The monoisotopic (exact) mass is 207 g/mol. The van der Waals surface area contributed by atoms with Gasteiger partial charge in [-0.1, -0.05) is 43.2 Å². The van der Waals surface area contributed by atoms with Crippen molar-refractivity contribution in [2.45, 2.75) is 33.8 Å². The maximum atomic E-state index is 10.2. The fourth-order valence-corrected chi connectivity index (χ4v) is 1.73. The van der Waals surface area contributed by atoms with Gasteiger partial charge in [0, 0.05) is 12.0 Å². The van der Waals surface area contributed by atoms with Crippen molar-refractivity contribution < 1.29 is 5.11 Å². The topological polar surface area (TPSA) is 46.2 Å². The van der Waals surface area contributed by atoms with E-state index in [2.05, 4.69) is 6.07 Å². The second-order valence-corrected chi connectivity index (χ2v) is 5.02. The zero-order chi connectivity index (χ0) is 11.6. The first-order valence-corrected chi connectivity index (χ1v) is 5.33. The molecule has 84 valence electrons. The zero-order valence-corrected chi connectivity index (χ0v) is 10.0. The van der Waals surface area contributed by atoms with Crippen molar-refractivity contribution in [2.24, 2.45) is 11.1 Å². The summed E-state index contributed by atoms with van der Waals surface area (Å²) in [5, 5.41) is 10.2. The molecule has 0 saturated carbocycles. The molecule has 15 heavy (non-hydrogen) atoms. The summed E-state index contributed by atoms with van der Waals surface area (Å²) < 4.78 is 0. The van der Waals surface area contributed by atoms with E-state index in [4.69, 9.17) is 5.73 Å². The zero-order valence-electron chi connectivity index (χ0n) is 10.0. The van der Waals surface area contributed by atoms with Crippen LogP contribution in [0.15, 0.2) is 18.2 Å². The summed E-state index contributed by atoms with van der Waals surface area (Å²) in [6, 6.07) is 6.15. The summed E-state index contributed by atoms with van der Waals surface area (Å²) in [6.45, 7) is 8.52. The quantitative estimate of drug-likeness (QED) is 0.799. The molecule has 1 unspecified atom stereocenters. The highest BCUT2D eigenvalue weighted by molar-refractivity contribution is 5.30. The van der Waals surface area contributed by atoms with Gasteiger partial charge in [0.05, 0.1) is 6.10 Å². The Balaban J connectivity index is 3.06. The molecule has 1 aromatic carbocycles. The Kier molecular flexibility index (Phi) is 3.53. The van der Waals surface area contributed by atoms with Crippen LogP contribution in [-0.4, -0.2) is 11.7 Å². The average molecular weight is 207 g/mol. The van der Waals surface area contributed by atoms with Gasteiger partial charge >= 0.3 is 0 Å². The van der Waals surface area contributed by atoms with Crippen LogP contribution in [0.1, 0.15) is 36.6 Å². The van der Waals surface area contributed by atoms with E-state index < -0.39 is 6.10 Å². The van der Waals surface area contributed by atoms with Gasteiger partial charge in [-0.2, -0.15) is 0 Å². The number of hydrogen-bond acceptors (Lipinski definition) is 2. The lowest BCUT2D eigenvalue weighted by molar-refractivity contribution is 0.0554. The number of aliphatic hydroxyl groups excluding tert-OH is 1. The van der Waals surface area contributed by atoms with Crippen LogP contribution in [0.25, 0.3) is 0 Å². The van der Waals surface area contributed by atoms with Gasteiger partial charge in [0.25, 0.3) is 0 Å². The molecular formula is C13H21NO. The number of hydrogen-bond donors (Lipinski definition) is 2. The van der Waals surface area contributed by atoms with Gasteiger partial charge in [-0.15, -0.1) is 0 Å². The van der Waals surface area contributed by atoms with Gasteiger partial charge in [0.1, 0.15) is 0 Å². The number of rotatable bonds is 3. The van der Waals surface area contributed by atoms with Gasteiger partial charge in [0.15, 0.2) is 0 Å². The highest BCUT2D eigenvalue weighted by atomic mass is 16.3. The van der Waals surface area contributed by atoms with Crippen LogP contribution in [0.5, 0.6) is 0 Å². The molecule has 0 aliphatic heterocycles. The summed E-state index contributed by atoms with van der Waals surface area (Å²) in [5.74, 6) is 0. The van der Waals surface area contributed by atoms with Crippen LogP contribution in [0.4, 0.5) is 0 Å². The van der Waals surface area contributed by atoms with Crippen LogP contribution >= 0.6 is 0 Å². The molecule has 0 radical (unpaired) electrons. The number of aryl methyl sites for hydroxylation is 2. The number of nitrogens with two attached hydrogens (primary N) is 1. The predicted octanol–water partition coefficient (Wildman–Crippen LogP) is 2.32. The molecule has 1 rings (SSSR count). The SMILES string of the molecule is Cc1cc(C)cc(C(O)C(C)(C)CN)c1. The van der Waals surface area contributed by atoms with Crippen LogP contribution in [0.3, 0.4) is 0 Å². The highest BCUT2D eigenvalue weighted by Crippen LogP contribution is 2.32. The minimum atomic E-state index is -0.499. The molecule has 0 spiro atoms. The van der Waals surface area contributed by atoms with Crippen molar-refractivity contribution in [1.82, 2.24) is 0 Å². The Morgan fingerprint density at radius 1 is 1.20 bits per heavy atom. The van der Waals surface area contributed by atoms with Gasteiger partial charge in [-0.25, -0.2) is 0 Å². The van der Waals surface area contributed by atoms with Crippen LogP contribution < -0.4 is 5.73 Å². The maximum absolute atomic E-state index is 10.2. The molecule has 1 atom stereocenters. The van der Waals surface area contributed by atoms with Crippen molar-refractivity contribution in [3.63, 3.8) is 0 Å². The van der Waals surface area contributed by atoms with Crippen molar-refractivity contribution >= 4 is 0 Å². The maximum Gasteiger partial charge on any atom is 0.0853 e. The third-order valence-electron chi connectivity index (χ3n) is 2.83. The van der Waals surface area contributed by atoms with Gasteiger partial charge in [-0.3, -0.25) is 0 Å². The molecule has 0 heterocycles. The molecule has 0 amide bonds. The Labute approximate surface area is 92.1 Å². The summed E-state index contributed by atoms with van der Waals surface area (Å²) in [4.78, 5) is 0. The van der Waals surface area contributed by atoms with Gasteiger partial charge < -0.3 is 10.8 Å². The van der Waals surface area contributed by atoms with Gasteiger partial charge in [0.2, 0.25) is 0 Å². The fraction of sp³-hybridized carbons (Fsp3) is 0.538. The first-order valence-electron chi connectivity index (χ1n) is 5.33. The third kappa shape index (κ3) is 2.80. The first kappa shape index (κ1) is 12.2. The Bertz CT molecular complexity index is 324. The van der Waals surface area contributed by atoms with E-state index in [1.54, 1.807) is 0 Å². The smallest absolute Gasteiger partial charge is 0.0853 e. The Hall–Kier alpha value is -0.860. The van der Waals surface area contributed by atoms with Gasteiger partial charge in [-0.05, 0) is 19.4 Å². The second-order valence-electron chi connectivity index (χ2n) is 5.02. The molecule has 0 aliphatic carbocycles. The molecule has 2 nitrogen and oxygen atoms in total. The largest absolute Gasteiger partial charge is 0.388 e.